The molecule has 1 heterocycles. The Morgan fingerprint density at radius 2 is 2.38 bits per heavy atom. The lowest BCUT2D eigenvalue weighted by atomic mass is 9.99. The normalized spacial score (nSPS) is 19.4. The number of carbonyl (C=O) groups excluding carboxylic acids is 1. The maximum absolute atomic E-state index is 13.4. The van der Waals surface area contributed by atoms with Crippen molar-refractivity contribution in [3.05, 3.63) is 29.6 Å². The number of carbonyl (C=O) groups is 1. The average molecular weight is 223 g/mol. The smallest absolute Gasteiger partial charge is 0.257 e. The Labute approximate surface area is 93.5 Å². The predicted octanol–water partition coefficient (Wildman–Crippen LogP) is 2.16. The largest absolute Gasteiger partial charge is 0.508 e. The lowest BCUT2D eigenvalue weighted by Gasteiger charge is -2.40. The van der Waals surface area contributed by atoms with E-state index in [1.54, 1.807) is 4.90 Å². The summed E-state index contributed by atoms with van der Waals surface area (Å²) in [7, 11) is 0. The molecule has 0 aromatic heterocycles. The Hall–Kier alpha value is -1.58. The van der Waals surface area contributed by atoms with E-state index in [2.05, 4.69) is 0 Å². The van der Waals surface area contributed by atoms with Crippen LogP contribution in [-0.2, 0) is 0 Å². The van der Waals surface area contributed by atoms with E-state index in [0.717, 1.165) is 18.9 Å². The third kappa shape index (κ3) is 1.75. The highest BCUT2D eigenvalue weighted by Crippen LogP contribution is 2.24. The number of rotatable bonds is 2. The number of amides is 1. The SMILES string of the molecule is CC[C@@H]1CCN1C(=O)c1ccc(O)cc1F. The fraction of sp³-hybridized carbons (Fsp3) is 0.417. The van der Waals surface area contributed by atoms with Crippen LogP contribution in [0.25, 0.3) is 0 Å². The van der Waals surface area contributed by atoms with E-state index in [1.807, 2.05) is 6.92 Å². The van der Waals surface area contributed by atoms with Crippen molar-refractivity contribution in [2.24, 2.45) is 0 Å². The monoisotopic (exact) mass is 223 g/mol. The van der Waals surface area contributed by atoms with E-state index in [9.17, 15) is 9.18 Å². The fourth-order valence-electron chi connectivity index (χ4n) is 1.96. The topological polar surface area (TPSA) is 40.5 Å². The first-order valence-corrected chi connectivity index (χ1v) is 5.43. The van der Waals surface area contributed by atoms with Crippen molar-refractivity contribution in [2.45, 2.75) is 25.8 Å². The molecular weight excluding hydrogens is 209 g/mol. The van der Waals surface area contributed by atoms with E-state index in [0.29, 0.717) is 6.54 Å². The van der Waals surface area contributed by atoms with Gasteiger partial charge in [-0.1, -0.05) is 6.92 Å². The Bertz CT molecular complexity index is 417. The Balaban J connectivity index is 2.21. The lowest BCUT2D eigenvalue weighted by molar-refractivity contribution is 0.0451. The number of halogens is 1. The maximum Gasteiger partial charge on any atom is 0.257 e. The van der Waals surface area contributed by atoms with Crippen LogP contribution in [-0.4, -0.2) is 28.5 Å². The molecule has 16 heavy (non-hydrogen) atoms. The van der Waals surface area contributed by atoms with E-state index in [4.69, 9.17) is 5.11 Å². The van der Waals surface area contributed by atoms with E-state index in [-0.39, 0.29) is 23.3 Å². The molecule has 0 spiro atoms. The number of benzene rings is 1. The van der Waals surface area contributed by atoms with Gasteiger partial charge in [0.25, 0.3) is 5.91 Å². The van der Waals surface area contributed by atoms with Crippen molar-refractivity contribution in [2.75, 3.05) is 6.54 Å². The summed E-state index contributed by atoms with van der Waals surface area (Å²) in [6, 6.07) is 3.86. The van der Waals surface area contributed by atoms with Crippen LogP contribution in [0.2, 0.25) is 0 Å². The minimum Gasteiger partial charge on any atom is -0.508 e. The second kappa shape index (κ2) is 4.12. The Morgan fingerprint density at radius 1 is 1.62 bits per heavy atom. The fourth-order valence-corrected chi connectivity index (χ4v) is 1.96. The highest BCUT2D eigenvalue weighted by atomic mass is 19.1. The van der Waals surface area contributed by atoms with Gasteiger partial charge in [0.2, 0.25) is 0 Å². The number of aromatic hydroxyl groups is 1. The lowest BCUT2D eigenvalue weighted by Crippen LogP contribution is -2.50. The predicted molar refractivity (Wildman–Crippen MR) is 57.8 cm³/mol. The van der Waals surface area contributed by atoms with Crippen LogP contribution < -0.4 is 0 Å². The summed E-state index contributed by atoms with van der Waals surface area (Å²) in [6.07, 6.45) is 1.88. The molecule has 1 aromatic carbocycles. The zero-order chi connectivity index (χ0) is 11.7. The van der Waals surface area contributed by atoms with Gasteiger partial charge in [-0.3, -0.25) is 4.79 Å². The Kier molecular flexibility index (Phi) is 2.81. The molecule has 4 heteroatoms. The van der Waals surface area contributed by atoms with Crippen LogP contribution in [0.4, 0.5) is 4.39 Å². The van der Waals surface area contributed by atoms with Gasteiger partial charge in [-0.05, 0) is 25.0 Å². The third-order valence-electron chi connectivity index (χ3n) is 3.06. The van der Waals surface area contributed by atoms with Crippen LogP contribution in [0.3, 0.4) is 0 Å². The van der Waals surface area contributed by atoms with Crippen molar-refractivity contribution >= 4 is 5.91 Å². The zero-order valence-corrected chi connectivity index (χ0v) is 9.11. The molecule has 3 nitrogen and oxygen atoms in total. The number of hydrogen-bond donors (Lipinski definition) is 1. The first-order valence-electron chi connectivity index (χ1n) is 5.43. The van der Waals surface area contributed by atoms with Gasteiger partial charge in [0.15, 0.2) is 0 Å². The molecule has 0 radical (unpaired) electrons. The van der Waals surface area contributed by atoms with Crippen LogP contribution >= 0.6 is 0 Å². The molecule has 0 unspecified atom stereocenters. The first kappa shape index (κ1) is 10.9. The highest BCUT2D eigenvalue weighted by molar-refractivity contribution is 5.95. The molecular formula is C12H14FNO2. The third-order valence-corrected chi connectivity index (χ3v) is 3.06. The molecule has 0 aliphatic carbocycles. The van der Waals surface area contributed by atoms with Crippen molar-refractivity contribution < 1.29 is 14.3 Å². The summed E-state index contributed by atoms with van der Waals surface area (Å²) >= 11 is 0. The maximum atomic E-state index is 13.4. The van der Waals surface area contributed by atoms with Gasteiger partial charge in [-0.2, -0.15) is 0 Å². The minimum absolute atomic E-state index is 0.0379. The summed E-state index contributed by atoms with van der Waals surface area (Å²) in [4.78, 5) is 13.6. The second-order valence-electron chi connectivity index (χ2n) is 4.01. The van der Waals surface area contributed by atoms with Crippen LogP contribution in [0, 0.1) is 5.82 Å². The molecule has 1 amide bonds. The molecule has 86 valence electrons. The Morgan fingerprint density at radius 3 is 2.88 bits per heavy atom. The van der Waals surface area contributed by atoms with Crippen molar-refractivity contribution in [1.29, 1.82) is 0 Å². The van der Waals surface area contributed by atoms with Gasteiger partial charge < -0.3 is 10.0 Å². The molecule has 0 saturated carbocycles. The van der Waals surface area contributed by atoms with Crippen LogP contribution in [0.5, 0.6) is 5.75 Å². The average Bonchev–Trinajstić information content (AvgIpc) is 2.16. The molecule has 2 rings (SSSR count). The number of likely N-dealkylation sites (tertiary alicyclic amines) is 1. The number of hydrogen-bond acceptors (Lipinski definition) is 2. The number of phenols is 1. The van der Waals surface area contributed by atoms with Gasteiger partial charge in [0.1, 0.15) is 11.6 Å². The van der Waals surface area contributed by atoms with Crippen molar-refractivity contribution in [1.82, 2.24) is 4.90 Å². The summed E-state index contributed by atoms with van der Waals surface area (Å²) in [5.74, 6) is -1.10. The summed E-state index contributed by atoms with van der Waals surface area (Å²) in [5.41, 5.74) is 0.0379. The summed E-state index contributed by atoms with van der Waals surface area (Å²) < 4.78 is 13.4. The second-order valence-corrected chi connectivity index (χ2v) is 4.01. The van der Waals surface area contributed by atoms with Gasteiger partial charge in [-0.25, -0.2) is 4.39 Å². The van der Waals surface area contributed by atoms with Crippen LogP contribution in [0.15, 0.2) is 18.2 Å². The van der Waals surface area contributed by atoms with Gasteiger partial charge >= 0.3 is 0 Å². The van der Waals surface area contributed by atoms with Gasteiger partial charge in [-0.15, -0.1) is 0 Å². The first-order chi connectivity index (χ1) is 7.63. The minimum atomic E-state index is -0.660. The van der Waals surface area contributed by atoms with E-state index >= 15 is 0 Å². The number of nitrogens with zero attached hydrogens (tertiary/aromatic N) is 1. The molecule has 1 N–H and O–H groups in total. The van der Waals surface area contributed by atoms with Crippen LogP contribution in [0.1, 0.15) is 30.1 Å². The van der Waals surface area contributed by atoms with E-state index in [1.165, 1.54) is 12.1 Å². The highest BCUT2D eigenvalue weighted by Gasteiger charge is 2.32. The molecule has 1 aliphatic rings. The zero-order valence-electron chi connectivity index (χ0n) is 9.11. The molecule has 0 bridgehead atoms. The molecule has 1 aliphatic heterocycles. The summed E-state index contributed by atoms with van der Waals surface area (Å²) in [5, 5.41) is 9.06. The van der Waals surface area contributed by atoms with Crippen molar-refractivity contribution in [3.63, 3.8) is 0 Å². The van der Waals surface area contributed by atoms with Gasteiger partial charge in [0.05, 0.1) is 5.56 Å². The quantitative estimate of drug-likeness (QED) is 0.834. The summed E-state index contributed by atoms with van der Waals surface area (Å²) in [6.45, 7) is 2.70. The van der Waals surface area contributed by atoms with Gasteiger partial charge in [0, 0.05) is 18.7 Å². The molecule has 1 atom stereocenters. The number of phenolic OH excluding ortho intramolecular Hbond substituents is 1. The van der Waals surface area contributed by atoms with E-state index < -0.39 is 5.82 Å². The molecule has 1 fully saturated rings. The van der Waals surface area contributed by atoms with Crippen molar-refractivity contribution in [3.8, 4) is 5.75 Å². The standard InChI is InChI=1S/C12H14FNO2/c1-2-8-5-6-14(8)12(16)10-4-3-9(15)7-11(10)13/h3-4,7-8,15H,2,5-6H2,1H3/t8-/m1/s1. The molecule has 1 saturated heterocycles. The molecule has 1 aromatic rings.